The number of aliphatic carboxylic acids is 1. The molecule has 0 aliphatic carbocycles. The molecule has 0 saturated heterocycles. The van der Waals surface area contributed by atoms with Crippen LogP contribution >= 0.6 is 23.2 Å². The first-order valence-corrected chi connectivity index (χ1v) is 19.6. The number of ether oxygens (including phenoxy) is 2. The Hall–Kier alpha value is -6.34. The van der Waals surface area contributed by atoms with Crippen molar-refractivity contribution in [1.82, 2.24) is 19.6 Å². The van der Waals surface area contributed by atoms with Gasteiger partial charge in [-0.1, -0.05) is 35.3 Å². The van der Waals surface area contributed by atoms with Crippen LogP contribution < -0.4 is 19.7 Å². The van der Waals surface area contributed by atoms with Crippen molar-refractivity contribution in [3.8, 4) is 22.9 Å². The third-order valence-corrected chi connectivity index (χ3v) is 9.93. The monoisotopic (exact) mass is 924 g/mol. The number of carbonyl (C=O) groups excluding carboxylic acids is 1. The maximum atomic E-state index is 13.2. The zero-order chi connectivity index (χ0) is 45.5. The van der Waals surface area contributed by atoms with Crippen LogP contribution in [0, 0.1) is 11.6 Å². The highest BCUT2D eigenvalue weighted by atomic mass is 35.5. The van der Waals surface area contributed by atoms with Crippen molar-refractivity contribution >= 4 is 46.5 Å². The molecule has 0 radical (unpaired) electrons. The van der Waals surface area contributed by atoms with Crippen LogP contribution in [0.15, 0.2) is 97.3 Å². The molecule has 63 heavy (non-hydrogen) atoms. The standard InChI is InChI=1S/C21H16ClF4N3O2.C12H12FN3.C9H6ClF3O3/c22-16-8-3-13(10-19(16)31-21(24,25)26)11-20(30)28-9-1-2-17-18(28)12-27-29(17)15-6-4-14(23)5-7-15;13-9-3-5-10(6-4-9)16-12-2-1-7-14-11(12)8-15-16;10-6-2-1-5(4-8(14)15)3-7(6)16-9(11,12)13/h3-8,10,12H,1-2,9,11H2;3-6,8,14H,1-2,7H2;1-3H,4H2,(H,14,15). The number of alkyl halides is 6. The van der Waals surface area contributed by atoms with E-state index in [1.807, 2.05) is 10.9 Å². The predicted molar refractivity (Wildman–Crippen MR) is 216 cm³/mol. The highest BCUT2D eigenvalue weighted by Crippen LogP contribution is 2.34. The minimum absolute atomic E-state index is 0.132. The molecule has 2 N–H and O–H groups in total. The normalized spacial score (nSPS) is 13.3. The zero-order valence-corrected chi connectivity index (χ0v) is 34.0. The number of aromatic nitrogens is 4. The average molecular weight is 926 g/mol. The van der Waals surface area contributed by atoms with Gasteiger partial charge >= 0.3 is 18.7 Å². The lowest BCUT2D eigenvalue weighted by Gasteiger charge is -2.27. The van der Waals surface area contributed by atoms with Crippen LogP contribution in [0.25, 0.3) is 11.4 Å². The number of hydrogen-bond acceptors (Lipinski definition) is 7. The summed E-state index contributed by atoms with van der Waals surface area (Å²) in [5.41, 5.74) is 5.80. The Morgan fingerprint density at radius 3 is 1.70 bits per heavy atom. The van der Waals surface area contributed by atoms with Crippen molar-refractivity contribution in [2.45, 2.75) is 51.2 Å². The summed E-state index contributed by atoms with van der Waals surface area (Å²) in [4.78, 5) is 24.9. The van der Waals surface area contributed by atoms with Crippen molar-refractivity contribution < 1.29 is 59.3 Å². The van der Waals surface area contributed by atoms with E-state index < -0.39 is 36.6 Å². The molecule has 2 aliphatic rings. The topological polar surface area (TPSA) is 124 Å². The van der Waals surface area contributed by atoms with Gasteiger partial charge in [-0.15, -0.1) is 26.3 Å². The maximum Gasteiger partial charge on any atom is 0.573 e. The van der Waals surface area contributed by atoms with E-state index in [0.29, 0.717) is 36.3 Å². The summed E-state index contributed by atoms with van der Waals surface area (Å²) in [5.74, 6) is -3.18. The number of nitrogens with one attached hydrogen (secondary N) is 1. The molecule has 4 aromatic carbocycles. The van der Waals surface area contributed by atoms with Gasteiger partial charge in [0.1, 0.15) is 23.1 Å². The number of carbonyl (C=O) groups is 2. The molecule has 1 amide bonds. The Labute approximate surface area is 363 Å². The number of benzene rings is 4. The van der Waals surface area contributed by atoms with Crippen molar-refractivity contribution in [2.24, 2.45) is 0 Å². The summed E-state index contributed by atoms with van der Waals surface area (Å²) in [7, 11) is 0. The SMILES string of the molecule is Fc1ccc(-n2ncc3c2CCCN3)cc1.O=C(Cc1ccc(Cl)c(OC(F)(F)F)c1)N1CCCc2c1cnn2-c1ccc(F)cc1.O=C(O)Cc1ccc(Cl)c(OC(F)(F)F)c1. The fourth-order valence-corrected chi connectivity index (χ4v) is 6.94. The molecule has 0 spiro atoms. The van der Waals surface area contributed by atoms with E-state index in [-0.39, 0.29) is 39.6 Å². The van der Waals surface area contributed by atoms with Crippen LogP contribution in [-0.4, -0.2) is 62.4 Å². The van der Waals surface area contributed by atoms with Crippen molar-refractivity contribution in [1.29, 1.82) is 0 Å². The Morgan fingerprint density at radius 1 is 0.683 bits per heavy atom. The lowest BCUT2D eigenvalue weighted by Crippen LogP contribution is -2.36. The van der Waals surface area contributed by atoms with E-state index in [0.717, 1.165) is 54.7 Å². The summed E-state index contributed by atoms with van der Waals surface area (Å²) in [5, 5.41) is 20.0. The number of carboxylic acid groups (broad SMARTS) is 1. The predicted octanol–water partition coefficient (Wildman–Crippen LogP) is 10.3. The zero-order valence-electron chi connectivity index (χ0n) is 32.5. The molecule has 4 heterocycles. The van der Waals surface area contributed by atoms with E-state index in [4.69, 9.17) is 28.3 Å². The average Bonchev–Trinajstić information content (AvgIpc) is 3.86. The number of rotatable bonds is 8. The minimum Gasteiger partial charge on any atom is -0.481 e. The third kappa shape index (κ3) is 12.6. The van der Waals surface area contributed by atoms with Gasteiger partial charge in [-0.2, -0.15) is 10.2 Å². The second kappa shape index (κ2) is 19.8. The molecule has 11 nitrogen and oxygen atoms in total. The van der Waals surface area contributed by atoms with Crippen molar-refractivity contribution in [2.75, 3.05) is 23.3 Å². The maximum absolute atomic E-state index is 13.2. The number of fused-ring (bicyclic) bond motifs is 2. The van der Waals surface area contributed by atoms with E-state index in [1.54, 1.807) is 40.0 Å². The van der Waals surface area contributed by atoms with Crippen LogP contribution in [0.3, 0.4) is 0 Å². The molecule has 0 fully saturated rings. The van der Waals surface area contributed by atoms with Gasteiger partial charge in [-0.3, -0.25) is 9.59 Å². The number of hydrogen-bond donors (Lipinski definition) is 2. The van der Waals surface area contributed by atoms with Crippen LogP contribution in [0.1, 0.15) is 35.4 Å². The van der Waals surface area contributed by atoms with Gasteiger partial charge in [-0.05, 0) is 110 Å². The molecule has 2 aromatic heterocycles. The fraction of sp³-hybridized carbons (Fsp3) is 0.238. The van der Waals surface area contributed by atoms with Crippen LogP contribution in [0.2, 0.25) is 10.0 Å². The number of carboxylic acids is 1. The van der Waals surface area contributed by atoms with Gasteiger partial charge in [0.25, 0.3) is 0 Å². The molecule has 6 aromatic rings. The number of nitrogens with zero attached hydrogens (tertiary/aromatic N) is 5. The molecule has 332 valence electrons. The van der Waals surface area contributed by atoms with E-state index in [2.05, 4.69) is 25.0 Å². The molecule has 0 saturated carbocycles. The van der Waals surface area contributed by atoms with Crippen molar-refractivity contribution in [3.63, 3.8) is 0 Å². The van der Waals surface area contributed by atoms with Gasteiger partial charge in [0, 0.05) is 13.1 Å². The molecule has 21 heteroatoms. The highest BCUT2D eigenvalue weighted by Gasteiger charge is 2.33. The lowest BCUT2D eigenvalue weighted by molar-refractivity contribution is -0.275. The number of halogens is 10. The lowest BCUT2D eigenvalue weighted by atomic mass is 10.1. The van der Waals surface area contributed by atoms with E-state index >= 15 is 0 Å². The Bertz CT molecular complexity index is 2550. The van der Waals surface area contributed by atoms with Crippen LogP contribution in [-0.2, 0) is 35.3 Å². The third-order valence-electron chi connectivity index (χ3n) is 9.30. The summed E-state index contributed by atoms with van der Waals surface area (Å²) >= 11 is 11.2. The summed E-state index contributed by atoms with van der Waals surface area (Å²) in [6, 6.07) is 19.5. The second-order valence-corrected chi connectivity index (χ2v) is 14.6. The second-order valence-electron chi connectivity index (χ2n) is 13.8. The summed E-state index contributed by atoms with van der Waals surface area (Å²) < 4.78 is 111. The number of anilines is 2. The van der Waals surface area contributed by atoms with Crippen molar-refractivity contribution in [3.05, 3.63) is 142 Å². The quantitative estimate of drug-likeness (QED) is 0.145. The Kier molecular flexibility index (Phi) is 14.5. The Balaban J connectivity index is 0.000000173. The largest absolute Gasteiger partial charge is 0.573 e. The van der Waals surface area contributed by atoms with Gasteiger partial charge < -0.3 is 24.8 Å². The molecular weight excluding hydrogens is 891 g/mol. The smallest absolute Gasteiger partial charge is 0.481 e. The molecule has 2 aliphatic heterocycles. The summed E-state index contributed by atoms with van der Waals surface area (Å²) in [6.07, 6.45) is -3.38. The highest BCUT2D eigenvalue weighted by molar-refractivity contribution is 6.32. The van der Waals surface area contributed by atoms with Gasteiger partial charge in [0.05, 0.1) is 69.4 Å². The van der Waals surface area contributed by atoms with Gasteiger partial charge in [0.15, 0.2) is 0 Å². The molecule has 0 atom stereocenters. The van der Waals surface area contributed by atoms with E-state index in [9.17, 15) is 44.7 Å². The van der Waals surface area contributed by atoms with Crippen LogP contribution in [0.5, 0.6) is 11.5 Å². The minimum atomic E-state index is -4.89. The Morgan fingerprint density at radius 2 is 1.17 bits per heavy atom. The first-order valence-electron chi connectivity index (χ1n) is 18.8. The van der Waals surface area contributed by atoms with Crippen LogP contribution in [0.4, 0.5) is 46.5 Å². The van der Waals surface area contributed by atoms with E-state index in [1.165, 1.54) is 48.2 Å². The molecular formula is C42H34Cl2F8N6O5. The summed E-state index contributed by atoms with van der Waals surface area (Å²) in [6.45, 7) is 1.46. The van der Waals surface area contributed by atoms with Gasteiger partial charge in [0.2, 0.25) is 5.91 Å². The molecule has 8 rings (SSSR count). The molecule has 0 unspecified atom stereocenters. The number of amides is 1. The molecule has 0 bridgehead atoms. The first-order chi connectivity index (χ1) is 29.8. The van der Waals surface area contributed by atoms with Gasteiger partial charge in [-0.25, -0.2) is 18.1 Å². The first kappa shape index (κ1) is 46.2. The fourth-order valence-electron chi connectivity index (χ4n) is 6.63.